The van der Waals surface area contributed by atoms with E-state index in [-0.39, 0.29) is 24.3 Å². The van der Waals surface area contributed by atoms with Crippen molar-refractivity contribution in [3.8, 4) is 0 Å². The molecule has 0 aliphatic heterocycles. The van der Waals surface area contributed by atoms with Crippen LogP contribution in [-0.2, 0) is 19.0 Å². The van der Waals surface area contributed by atoms with Crippen LogP contribution in [0.25, 0.3) is 0 Å². The van der Waals surface area contributed by atoms with Crippen molar-refractivity contribution in [1.82, 2.24) is 0 Å². The van der Waals surface area contributed by atoms with Crippen LogP contribution in [0, 0.1) is 0 Å². The van der Waals surface area contributed by atoms with E-state index in [4.69, 9.17) is 9.05 Å². The van der Waals surface area contributed by atoms with Gasteiger partial charge in [-0.3, -0.25) is 9.36 Å². The summed E-state index contributed by atoms with van der Waals surface area (Å²) >= 11 is 0. The van der Waals surface area contributed by atoms with Crippen molar-refractivity contribution in [2.24, 2.45) is 0 Å². The lowest BCUT2D eigenvalue weighted by molar-refractivity contribution is 0.0459. The third kappa shape index (κ3) is 3.35. The number of carbonyl (C=O) groups is 1. The summed E-state index contributed by atoms with van der Waals surface area (Å²) in [7, 11) is -4.18. The average Bonchev–Trinajstić information content (AvgIpc) is 2.62. The Morgan fingerprint density at radius 1 is 0.958 bits per heavy atom. The Labute approximate surface area is 141 Å². The molecule has 0 aliphatic carbocycles. The van der Waals surface area contributed by atoms with Gasteiger partial charge in [0.1, 0.15) is 0 Å². The molecule has 5 nitrogen and oxygen atoms in total. The summed E-state index contributed by atoms with van der Waals surface area (Å²) in [6.45, 7) is 3.33. The number of ketones is 1. The SMILES string of the molecule is CCOP(=O)(OCC)C(O)(C(=O)c1ccccc1)c1ccccc1. The van der Waals surface area contributed by atoms with Crippen LogP contribution in [0.2, 0.25) is 0 Å². The topological polar surface area (TPSA) is 72.8 Å². The summed E-state index contributed by atoms with van der Waals surface area (Å²) in [4.78, 5) is 13.1. The Bertz CT molecular complexity index is 707. The van der Waals surface area contributed by atoms with E-state index in [1.807, 2.05) is 0 Å². The van der Waals surface area contributed by atoms with Gasteiger partial charge in [0.15, 0.2) is 0 Å². The summed E-state index contributed by atoms with van der Waals surface area (Å²) in [6, 6.07) is 16.3. The van der Waals surface area contributed by atoms with Gasteiger partial charge in [0.25, 0.3) is 5.34 Å². The van der Waals surface area contributed by atoms with Crippen molar-refractivity contribution in [3.05, 3.63) is 71.8 Å². The summed E-state index contributed by atoms with van der Waals surface area (Å²) in [5, 5.41) is 8.91. The first-order valence-corrected chi connectivity index (χ1v) is 9.30. The Kier molecular flexibility index (Phi) is 6.08. The number of rotatable bonds is 8. The predicted octanol–water partition coefficient (Wildman–Crippen LogP) is 3.98. The lowest BCUT2D eigenvalue weighted by Gasteiger charge is -2.33. The van der Waals surface area contributed by atoms with E-state index in [1.54, 1.807) is 62.4 Å². The van der Waals surface area contributed by atoms with Gasteiger partial charge in [0.2, 0.25) is 5.78 Å². The second-order valence-electron chi connectivity index (χ2n) is 5.07. The molecule has 128 valence electrons. The molecule has 1 unspecified atom stereocenters. The zero-order valence-corrected chi connectivity index (χ0v) is 14.6. The Morgan fingerprint density at radius 2 is 1.42 bits per heavy atom. The molecular formula is C18H21O5P. The highest BCUT2D eigenvalue weighted by atomic mass is 31.2. The fraction of sp³-hybridized carbons (Fsp3) is 0.278. The predicted molar refractivity (Wildman–Crippen MR) is 92.0 cm³/mol. The minimum atomic E-state index is -4.18. The molecule has 2 aromatic rings. The largest absolute Gasteiger partial charge is 0.374 e. The van der Waals surface area contributed by atoms with E-state index in [1.165, 1.54) is 12.1 Å². The molecule has 1 atom stereocenters. The molecule has 0 heterocycles. The number of carbonyl (C=O) groups excluding carboxylic acids is 1. The molecule has 6 heteroatoms. The molecule has 1 N–H and O–H groups in total. The van der Waals surface area contributed by atoms with Crippen molar-refractivity contribution in [2.75, 3.05) is 13.2 Å². The maximum Gasteiger partial charge on any atom is 0.374 e. The van der Waals surface area contributed by atoms with E-state index in [0.717, 1.165) is 0 Å². The van der Waals surface area contributed by atoms with E-state index in [2.05, 4.69) is 0 Å². The third-order valence-electron chi connectivity index (χ3n) is 3.52. The Morgan fingerprint density at radius 3 is 1.88 bits per heavy atom. The molecule has 0 radical (unpaired) electrons. The molecule has 0 aliphatic rings. The van der Waals surface area contributed by atoms with Gasteiger partial charge >= 0.3 is 7.60 Å². The van der Waals surface area contributed by atoms with Gasteiger partial charge in [0, 0.05) is 11.1 Å². The first-order chi connectivity index (χ1) is 11.5. The second-order valence-corrected chi connectivity index (χ2v) is 7.22. The molecule has 2 rings (SSSR count). The molecular weight excluding hydrogens is 327 g/mol. The van der Waals surface area contributed by atoms with E-state index in [0.29, 0.717) is 0 Å². The fourth-order valence-electron chi connectivity index (χ4n) is 2.44. The molecule has 0 saturated heterocycles. The standard InChI is InChI=1S/C18H21O5P/c1-3-22-24(21,23-4-2)18(20,16-13-9-6-10-14-16)17(19)15-11-7-5-8-12-15/h5-14,20H,3-4H2,1-2H3. The van der Waals surface area contributed by atoms with Gasteiger partial charge in [-0.15, -0.1) is 0 Å². The van der Waals surface area contributed by atoms with Crippen LogP contribution >= 0.6 is 7.60 Å². The molecule has 0 saturated carbocycles. The van der Waals surface area contributed by atoms with Crippen molar-refractivity contribution >= 4 is 13.4 Å². The van der Waals surface area contributed by atoms with Crippen LogP contribution in [0.15, 0.2) is 60.7 Å². The fourth-order valence-corrected chi connectivity index (χ4v) is 4.41. The van der Waals surface area contributed by atoms with Crippen LogP contribution in [0.4, 0.5) is 0 Å². The zero-order valence-electron chi connectivity index (χ0n) is 13.7. The summed E-state index contributed by atoms with van der Waals surface area (Å²) in [5.41, 5.74) is 0.396. The van der Waals surface area contributed by atoms with Gasteiger partial charge in [-0.05, 0) is 13.8 Å². The Hall–Kier alpha value is -1.78. The number of Topliss-reactive ketones (excluding diaryl/α,β-unsaturated/α-hetero) is 1. The number of benzene rings is 2. The van der Waals surface area contributed by atoms with Crippen LogP contribution in [0.3, 0.4) is 0 Å². The van der Waals surface area contributed by atoms with E-state index < -0.39 is 18.7 Å². The molecule has 0 fully saturated rings. The molecule has 0 amide bonds. The van der Waals surface area contributed by atoms with Crippen LogP contribution < -0.4 is 0 Å². The first-order valence-electron chi connectivity index (χ1n) is 7.76. The van der Waals surface area contributed by atoms with E-state index >= 15 is 0 Å². The highest BCUT2D eigenvalue weighted by Crippen LogP contribution is 2.64. The first kappa shape index (κ1) is 18.6. The average molecular weight is 348 g/mol. The number of hydrogen-bond donors (Lipinski definition) is 1. The van der Waals surface area contributed by atoms with E-state index in [9.17, 15) is 14.5 Å². The van der Waals surface area contributed by atoms with Crippen molar-refractivity contribution in [2.45, 2.75) is 19.2 Å². The van der Waals surface area contributed by atoms with Crippen molar-refractivity contribution in [3.63, 3.8) is 0 Å². The highest BCUT2D eigenvalue weighted by molar-refractivity contribution is 7.56. The second kappa shape index (κ2) is 7.86. The number of aliphatic hydroxyl groups is 1. The van der Waals surface area contributed by atoms with Gasteiger partial charge < -0.3 is 14.2 Å². The van der Waals surface area contributed by atoms with Crippen LogP contribution in [0.1, 0.15) is 29.8 Å². The summed E-state index contributed by atoms with van der Waals surface area (Å²) in [5.74, 6) is -0.723. The van der Waals surface area contributed by atoms with Gasteiger partial charge in [0.05, 0.1) is 13.2 Å². The molecule has 2 aromatic carbocycles. The van der Waals surface area contributed by atoms with Crippen molar-refractivity contribution < 1.29 is 23.5 Å². The summed E-state index contributed by atoms with van der Waals surface area (Å²) < 4.78 is 23.9. The summed E-state index contributed by atoms with van der Waals surface area (Å²) in [6.07, 6.45) is 0. The molecule has 0 aromatic heterocycles. The maximum atomic E-state index is 13.3. The molecule has 24 heavy (non-hydrogen) atoms. The number of hydrogen-bond acceptors (Lipinski definition) is 5. The van der Waals surface area contributed by atoms with Crippen LogP contribution in [0.5, 0.6) is 0 Å². The lowest BCUT2D eigenvalue weighted by atomic mass is 9.99. The maximum absolute atomic E-state index is 13.3. The normalized spacial score (nSPS) is 14.1. The third-order valence-corrected chi connectivity index (χ3v) is 5.97. The lowest BCUT2D eigenvalue weighted by Crippen LogP contribution is -2.37. The molecule has 0 spiro atoms. The minimum Gasteiger partial charge on any atom is -0.367 e. The van der Waals surface area contributed by atoms with Gasteiger partial charge in [-0.25, -0.2) is 0 Å². The Balaban J connectivity index is 2.66. The molecule has 0 bridgehead atoms. The smallest absolute Gasteiger partial charge is 0.367 e. The van der Waals surface area contributed by atoms with Gasteiger partial charge in [-0.2, -0.15) is 0 Å². The van der Waals surface area contributed by atoms with Crippen LogP contribution in [-0.4, -0.2) is 24.1 Å². The van der Waals surface area contributed by atoms with Gasteiger partial charge in [-0.1, -0.05) is 60.7 Å². The zero-order chi connectivity index (χ0) is 17.6. The highest BCUT2D eigenvalue weighted by Gasteiger charge is 2.57. The minimum absolute atomic E-state index is 0.0362. The van der Waals surface area contributed by atoms with Crippen molar-refractivity contribution in [1.29, 1.82) is 0 Å². The monoisotopic (exact) mass is 348 g/mol. The quantitative estimate of drug-likeness (QED) is 0.577.